The van der Waals surface area contributed by atoms with Crippen molar-refractivity contribution in [2.45, 2.75) is 61.3 Å². The third kappa shape index (κ3) is 3.20. The van der Waals surface area contributed by atoms with Gasteiger partial charge in [0.25, 0.3) is 0 Å². The summed E-state index contributed by atoms with van der Waals surface area (Å²) in [4.78, 5) is 14.8. The number of hydrogen-bond donors (Lipinski definition) is 1. The predicted molar refractivity (Wildman–Crippen MR) is 122 cm³/mol. The molecule has 6 nitrogen and oxygen atoms in total. The number of aryl methyl sites for hydroxylation is 2. The standard InChI is InChI=1S/C24H30N4O2S/c29-16-24(8-1-9-24)28-12-13-31(30)21-15-25-23(26-22(21)28)27-10-6-18(7-11-27)20-5-3-17-2-4-19(17)14-20/h3,5,14-15,18,29H,1-2,4,6-13,16H2/t31-/m0/s1. The molecule has 0 unspecified atom stereocenters. The molecule has 1 aromatic heterocycles. The highest BCUT2D eigenvalue weighted by Gasteiger charge is 2.45. The Balaban J connectivity index is 1.22. The van der Waals surface area contributed by atoms with E-state index >= 15 is 0 Å². The lowest BCUT2D eigenvalue weighted by Crippen LogP contribution is -2.59. The molecule has 1 N–H and O–H groups in total. The maximum atomic E-state index is 12.6. The van der Waals surface area contributed by atoms with Crippen LogP contribution in [0.15, 0.2) is 29.3 Å². The third-order valence-electron chi connectivity index (χ3n) is 8.02. The summed E-state index contributed by atoms with van der Waals surface area (Å²) < 4.78 is 12.6. The van der Waals surface area contributed by atoms with Gasteiger partial charge in [-0.15, -0.1) is 0 Å². The molecule has 2 aliphatic heterocycles. The van der Waals surface area contributed by atoms with Crippen LogP contribution < -0.4 is 9.80 Å². The summed E-state index contributed by atoms with van der Waals surface area (Å²) in [5.41, 5.74) is 4.32. The van der Waals surface area contributed by atoms with E-state index in [1.807, 2.05) is 0 Å². The van der Waals surface area contributed by atoms with Gasteiger partial charge < -0.3 is 14.9 Å². The van der Waals surface area contributed by atoms with Crippen LogP contribution in [0.1, 0.15) is 54.7 Å². The zero-order chi connectivity index (χ0) is 21.0. The average Bonchev–Trinajstić information content (AvgIpc) is 2.76. The van der Waals surface area contributed by atoms with Crippen LogP contribution in [0.4, 0.5) is 11.8 Å². The van der Waals surface area contributed by atoms with Crippen molar-refractivity contribution in [3.63, 3.8) is 0 Å². The zero-order valence-corrected chi connectivity index (χ0v) is 18.7. The molecule has 31 heavy (non-hydrogen) atoms. The minimum Gasteiger partial charge on any atom is -0.394 e. The molecule has 0 amide bonds. The number of aliphatic hydroxyl groups is 1. The van der Waals surface area contributed by atoms with Crippen molar-refractivity contribution in [2.75, 3.05) is 41.8 Å². The van der Waals surface area contributed by atoms with E-state index in [0.29, 0.717) is 18.2 Å². The summed E-state index contributed by atoms with van der Waals surface area (Å²) in [6.07, 6.45) is 9.53. The van der Waals surface area contributed by atoms with Gasteiger partial charge in [-0.2, -0.15) is 4.98 Å². The van der Waals surface area contributed by atoms with Crippen LogP contribution in [0.2, 0.25) is 0 Å². The molecule has 164 valence electrons. The van der Waals surface area contributed by atoms with E-state index in [9.17, 15) is 9.32 Å². The number of aliphatic hydroxyl groups excluding tert-OH is 1. The van der Waals surface area contributed by atoms with E-state index < -0.39 is 10.8 Å². The van der Waals surface area contributed by atoms with Gasteiger partial charge in [0.15, 0.2) is 5.82 Å². The fourth-order valence-electron chi connectivity index (χ4n) is 5.69. The van der Waals surface area contributed by atoms with Crippen LogP contribution in [0.25, 0.3) is 0 Å². The Morgan fingerprint density at radius 1 is 1.13 bits per heavy atom. The van der Waals surface area contributed by atoms with E-state index in [0.717, 1.165) is 61.9 Å². The molecule has 1 atom stereocenters. The van der Waals surface area contributed by atoms with Crippen LogP contribution in [-0.2, 0) is 23.6 Å². The minimum absolute atomic E-state index is 0.130. The first-order chi connectivity index (χ1) is 15.2. The molecule has 0 radical (unpaired) electrons. The molecular formula is C24H30N4O2S. The molecule has 2 aliphatic carbocycles. The SMILES string of the molecule is O=[S@]1CCN(C2(CO)CCC2)c2nc(N3CCC(c4ccc5c(c4)CC5)CC3)ncc21. The van der Waals surface area contributed by atoms with E-state index in [1.54, 1.807) is 11.8 Å². The first kappa shape index (κ1) is 19.7. The molecule has 0 spiro atoms. The van der Waals surface area contributed by atoms with Gasteiger partial charge in [-0.25, -0.2) is 4.98 Å². The number of hydrogen-bond acceptors (Lipinski definition) is 6. The molecule has 7 heteroatoms. The summed E-state index contributed by atoms with van der Waals surface area (Å²) in [5, 5.41) is 10.1. The maximum absolute atomic E-state index is 12.6. The van der Waals surface area contributed by atoms with Gasteiger partial charge in [0.2, 0.25) is 5.95 Å². The molecule has 1 saturated heterocycles. The number of rotatable bonds is 4. The van der Waals surface area contributed by atoms with Gasteiger partial charge in [-0.05, 0) is 67.6 Å². The second kappa shape index (κ2) is 7.55. The largest absolute Gasteiger partial charge is 0.394 e. The van der Waals surface area contributed by atoms with Crippen molar-refractivity contribution in [1.82, 2.24) is 9.97 Å². The molecule has 2 fully saturated rings. The van der Waals surface area contributed by atoms with Crippen LogP contribution >= 0.6 is 0 Å². The van der Waals surface area contributed by atoms with E-state index in [2.05, 4.69) is 33.0 Å². The van der Waals surface area contributed by atoms with Crippen molar-refractivity contribution in [3.05, 3.63) is 41.1 Å². The highest BCUT2D eigenvalue weighted by Crippen LogP contribution is 2.43. The van der Waals surface area contributed by atoms with Gasteiger partial charge in [-0.3, -0.25) is 4.21 Å². The van der Waals surface area contributed by atoms with E-state index in [4.69, 9.17) is 4.98 Å². The molecule has 6 rings (SSSR count). The highest BCUT2D eigenvalue weighted by molar-refractivity contribution is 7.85. The number of fused-ring (bicyclic) bond motifs is 2. The van der Waals surface area contributed by atoms with Gasteiger partial charge in [0.05, 0.1) is 34.0 Å². The van der Waals surface area contributed by atoms with E-state index in [-0.39, 0.29) is 12.1 Å². The lowest BCUT2D eigenvalue weighted by atomic mass is 9.76. The quantitative estimate of drug-likeness (QED) is 0.792. The molecule has 1 saturated carbocycles. The topological polar surface area (TPSA) is 69.6 Å². The molecular weight excluding hydrogens is 408 g/mol. The summed E-state index contributed by atoms with van der Waals surface area (Å²) in [7, 11) is -1.06. The zero-order valence-electron chi connectivity index (χ0n) is 17.9. The van der Waals surface area contributed by atoms with Gasteiger partial charge in [0.1, 0.15) is 0 Å². The number of nitrogens with zero attached hydrogens (tertiary/aromatic N) is 4. The monoisotopic (exact) mass is 438 g/mol. The first-order valence-electron chi connectivity index (χ1n) is 11.7. The van der Waals surface area contributed by atoms with E-state index in [1.165, 1.54) is 24.0 Å². The average molecular weight is 439 g/mol. The second-order valence-corrected chi connectivity index (χ2v) is 11.1. The van der Waals surface area contributed by atoms with Crippen LogP contribution in [-0.4, -0.2) is 56.8 Å². The number of anilines is 2. The summed E-state index contributed by atoms with van der Waals surface area (Å²) in [5.74, 6) is 2.72. The van der Waals surface area contributed by atoms with Crippen LogP contribution in [0.5, 0.6) is 0 Å². The van der Waals surface area contributed by atoms with Crippen molar-refractivity contribution >= 4 is 22.6 Å². The molecule has 2 aromatic rings. The normalized spacial score (nSPS) is 24.7. The van der Waals surface area contributed by atoms with Crippen molar-refractivity contribution < 1.29 is 9.32 Å². The molecule has 1 aromatic carbocycles. The van der Waals surface area contributed by atoms with Gasteiger partial charge >= 0.3 is 0 Å². The summed E-state index contributed by atoms with van der Waals surface area (Å²) in [6, 6.07) is 7.07. The smallest absolute Gasteiger partial charge is 0.227 e. The molecule has 3 heterocycles. The molecule has 0 bridgehead atoms. The Morgan fingerprint density at radius 3 is 2.58 bits per heavy atom. The highest BCUT2D eigenvalue weighted by atomic mass is 32.2. The van der Waals surface area contributed by atoms with Crippen molar-refractivity contribution in [2.24, 2.45) is 0 Å². The Hall–Kier alpha value is -1.99. The van der Waals surface area contributed by atoms with Crippen molar-refractivity contribution in [1.29, 1.82) is 0 Å². The molecule has 4 aliphatic rings. The second-order valence-electron chi connectivity index (χ2n) is 9.58. The minimum atomic E-state index is -1.06. The fourth-order valence-corrected chi connectivity index (χ4v) is 6.79. The summed E-state index contributed by atoms with van der Waals surface area (Å²) >= 11 is 0. The maximum Gasteiger partial charge on any atom is 0.227 e. The lowest BCUT2D eigenvalue weighted by molar-refractivity contribution is 0.115. The van der Waals surface area contributed by atoms with Crippen LogP contribution in [0, 0.1) is 0 Å². The summed E-state index contributed by atoms with van der Waals surface area (Å²) in [6.45, 7) is 2.70. The Kier molecular flexibility index (Phi) is 4.79. The third-order valence-corrected chi connectivity index (χ3v) is 9.35. The van der Waals surface area contributed by atoms with Crippen molar-refractivity contribution in [3.8, 4) is 0 Å². The van der Waals surface area contributed by atoms with Gasteiger partial charge in [0, 0.05) is 25.4 Å². The van der Waals surface area contributed by atoms with Crippen LogP contribution in [0.3, 0.4) is 0 Å². The van der Waals surface area contributed by atoms with Gasteiger partial charge in [-0.1, -0.05) is 18.2 Å². The number of piperidine rings is 1. The Bertz CT molecular complexity index is 1020. The number of benzene rings is 1. The first-order valence-corrected chi connectivity index (χ1v) is 13.0. The number of aromatic nitrogens is 2. The fraction of sp³-hybridized carbons (Fsp3) is 0.583. The Morgan fingerprint density at radius 2 is 1.94 bits per heavy atom. The lowest BCUT2D eigenvalue weighted by Gasteiger charge is -2.51. The Labute approximate surface area is 186 Å². The predicted octanol–water partition coefficient (Wildman–Crippen LogP) is 2.80.